The van der Waals surface area contributed by atoms with Gasteiger partial charge < -0.3 is 15.3 Å². The number of fused-ring (bicyclic) bond motifs is 3. The molecule has 1 unspecified atom stereocenters. The number of hydrazine groups is 1. The number of anilines is 1. The molecule has 2 aliphatic rings. The summed E-state index contributed by atoms with van der Waals surface area (Å²) in [6.45, 7) is 0.451. The van der Waals surface area contributed by atoms with E-state index in [1.54, 1.807) is 23.1 Å². The molecule has 164 valence electrons. The third kappa shape index (κ3) is 3.91. The number of nitrogens with one attached hydrogen (secondary N) is 2. The number of carbonyl (C=O) groups is 2. The molecule has 1 aliphatic carbocycles. The summed E-state index contributed by atoms with van der Waals surface area (Å²) in [6, 6.07) is 14.9. The van der Waals surface area contributed by atoms with E-state index in [0.717, 1.165) is 34.5 Å². The van der Waals surface area contributed by atoms with E-state index in [4.69, 9.17) is 5.84 Å². The van der Waals surface area contributed by atoms with Crippen molar-refractivity contribution in [2.45, 2.75) is 31.5 Å². The van der Waals surface area contributed by atoms with Crippen LogP contribution in [0, 0.1) is 0 Å². The Morgan fingerprint density at radius 1 is 1.19 bits per heavy atom. The molecule has 8 nitrogen and oxygen atoms in total. The van der Waals surface area contributed by atoms with Crippen molar-refractivity contribution in [3.8, 4) is 10.4 Å². The lowest BCUT2D eigenvalue weighted by atomic mass is 10.1. The van der Waals surface area contributed by atoms with E-state index < -0.39 is 6.23 Å². The Bertz CT molecular complexity index is 1190. The van der Waals surface area contributed by atoms with Crippen molar-refractivity contribution in [3.05, 3.63) is 70.4 Å². The molecule has 1 fully saturated rings. The molecule has 0 bridgehead atoms. The van der Waals surface area contributed by atoms with Crippen LogP contribution in [0.4, 0.5) is 5.69 Å². The minimum absolute atomic E-state index is 0.0240. The number of nitrogens with zero attached hydrogens (tertiary/aromatic N) is 2. The number of thiophene rings is 1. The maximum absolute atomic E-state index is 13.4. The number of amides is 2. The Hall–Kier alpha value is -3.11. The first-order chi connectivity index (χ1) is 15.5. The van der Waals surface area contributed by atoms with E-state index in [9.17, 15) is 14.7 Å². The zero-order valence-corrected chi connectivity index (χ0v) is 18.1. The first-order valence-corrected chi connectivity index (χ1v) is 11.3. The van der Waals surface area contributed by atoms with Crippen LogP contribution in [0.2, 0.25) is 0 Å². The summed E-state index contributed by atoms with van der Waals surface area (Å²) in [5.74, 6) is 5.01. The van der Waals surface area contributed by atoms with Gasteiger partial charge in [-0.25, -0.2) is 10.4 Å². The smallest absolute Gasteiger partial charge is 0.276 e. The van der Waals surface area contributed by atoms with E-state index in [0.29, 0.717) is 23.9 Å². The van der Waals surface area contributed by atoms with Crippen LogP contribution >= 0.6 is 11.3 Å². The van der Waals surface area contributed by atoms with Gasteiger partial charge >= 0.3 is 0 Å². The number of aliphatic hydroxyl groups is 1. The summed E-state index contributed by atoms with van der Waals surface area (Å²) in [5.41, 5.74) is 5.47. The Labute approximate surface area is 189 Å². The first-order valence-electron chi connectivity index (χ1n) is 10.5. The van der Waals surface area contributed by atoms with Crippen LogP contribution < -0.4 is 21.5 Å². The number of aliphatic hydroxyl groups excluding tert-OH is 1. The molecule has 2 aromatic heterocycles. The summed E-state index contributed by atoms with van der Waals surface area (Å²) >= 11 is 1.47. The molecular formula is C23H23N5O3S. The van der Waals surface area contributed by atoms with Crippen LogP contribution in [-0.2, 0) is 6.42 Å². The third-order valence-electron chi connectivity index (χ3n) is 5.66. The van der Waals surface area contributed by atoms with E-state index >= 15 is 0 Å². The van der Waals surface area contributed by atoms with Crippen molar-refractivity contribution in [2.24, 2.45) is 5.84 Å². The number of hydrogen-bond acceptors (Lipinski definition) is 7. The second kappa shape index (κ2) is 8.44. The molecule has 0 radical (unpaired) electrons. The van der Waals surface area contributed by atoms with E-state index in [-0.39, 0.29) is 23.2 Å². The van der Waals surface area contributed by atoms with Crippen LogP contribution in [0.5, 0.6) is 0 Å². The highest BCUT2D eigenvalue weighted by atomic mass is 32.1. The van der Waals surface area contributed by atoms with Gasteiger partial charge in [-0.15, -0.1) is 11.3 Å². The molecule has 9 heteroatoms. The van der Waals surface area contributed by atoms with Crippen molar-refractivity contribution in [2.75, 3.05) is 11.4 Å². The Morgan fingerprint density at radius 2 is 2.00 bits per heavy atom. The van der Waals surface area contributed by atoms with E-state index in [1.807, 2.05) is 30.3 Å². The second-order valence-electron chi connectivity index (χ2n) is 7.95. The van der Waals surface area contributed by atoms with Crippen LogP contribution in [0.25, 0.3) is 10.4 Å². The van der Waals surface area contributed by atoms with Gasteiger partial charge in [0.2, 0.25) is 0 Å². The molecule has 3 aromatic rings. The maximum atomic E-state index is 13.4. The molecule has 5 rings (SSSR count). The molecular weight excluding hydrogens is 426 g/mol. The van der Waals surface area contributed by atoms with Crippen molar-refractivity contribution in [3.63, 3.8) is 0 Å². The fraction of sp³-hybridized carbons (Fsp3) is 0.261. The summed E-state index contributed by atoms with van der Waals surface area (Å²) in [5, 5.41) is 13.0. The lowest BCUT2D eigenvalue weighted by Crippen LogP contribution is -2.34. The zero-order chi connectivity index (χ0) is 22.2. The van der Waals surface area contributed by atoms with Crippen molar-refractivity contribution < 1.29 is 14.7 Å². The largest absolute Gasteiger partial charge is 0.371 e. The van der Waals surface area contributed by atoms with Crippen LogP contribution in [0.15, 0.2) is 48.5 Å². The number of aromatic nitrogens is 1. The average molecular weight is 450 g/mol. The fourth-order valence-corrected chi connectivity index (χ4v) is 5.00. The number of rotatable bonds is 5. The minimum Gasteiger partial charge on any atom is -0.371 e. The number of benzene rings is 1. The van der Waals surface area contributed by atoms with Gasteiger partial charge in [0.1, 0.15) is 5.69 Å². The topological polar surface area (TPSA) is 121 Å². The second-order valence-corrected chi connectivity index (χ2v) is 9.01. The monoisotopic (exact) mass is 449 g/mol. The standard InChI is InChI=1S/C23H23N5O3S/c24-27-21(29)16-5-3-6-17(26-16)23(31)28-11-10-13-12-19(22(30)25-14-8-9-14)32-20(13)15-4-1-2-7-18(15)28/h1-7,12,14,21,27,29H,8-11,24H2,(H,25,30). The van der Waals surface area contributed by atoms with E-state index in [1.165, 1.54) is 11.3 Å². The fourth-order valence-electron chi connectivity index (χ4n) is 3.85. The van der Waals surface area contributed by atoms with Gasteiger partial charge in [0.05, 0.1) is 16.3 Å². The molecule has 3 heterocycles. The normalized spacial score (nSPS) is 16.0. The number of carbonyl (C=O) groups excluding carboxylic acids is 2. The summed E-state index contributed by atoms with van der Waals surface area (Å²) in [4.78, 5) is 33.7. The lowest BCUT2D eigenvalue weighted by Gasteiger charge is -2.23. The summed E-state index contributed by atoms with van der Waals surface area (Å²) in [7, 11) is 0. The third-order valence-corrected chi connectivity index (χ3v) is 6.87. The molecule has 1 aliphatic heterocycles. The predicted octanol–water partition coefficient (Wildman–Crippen LogP) is 2.36. The van der Waals surface area contributed by atoms with Crippen LogP contribution in [0.1, 0.15) is 50.5 Å². The maximum Gasteiger partial charge on any atom is 0.276 e. The van der Waals surface area contributed by atoms with Gasteiger partial charge in [-0.2, -0.15) is 0 Å². The summed E-state index contributed by atoms with van der Waals surface area (Å²) < 4.78 is 0. The molecule has 1 aromatic carbocycles. The van der Waals surface area contributed by atoms with Gasteiger partial charge in [0, 0.05) is 23.0 Å². The van der Waals surface area contributed by atoms with Gasteiger partial charge in [-0.3, -0.25) is 15.4 Å². The first kappa shape index (κ1) is 20.8. The molecule has 0 spiro atoms. The van der Waals surface area contributed by atoms with Crippen LogP contribution in [-0.4, -0.2) is 34.5 Å². The molecule has 0 saturated heterocycles. The van der Waals surface area contributed by atoms with Crippen molar-refractivity contribution in [1.29, 1.82) is 0 Å². The van der Waals surface area contributed by atoms with Crippen molar-refractivity contribution >= 4 is 28.8 Å². The Morgan fingerprint density at radius 3 is 2.78 bits per heavy atom. The number of pyridine rings is 1. The zero-order valence-electron chi connectivity index (χ0n) is 17.2. The number of para-hydroxylation sites is 1. The Balaban J connectivity index is 1.49. The van der Waals surface area contributed by atoms with Gasteiger partial charge in [0.25, 0.3) is 11.8 Å². The SMILES string of the molecule is NNC(O)c1cccc(C(=O)N2CCc3cc(C(=O)NC4CC4)sc3-c3ccccc32)n1. The van der Waals surface area contributed by atoms with Crippen LogP contribution in [0.3, 0.4) is 0 Å². The highest BCUT2D eigenvalue weighted by Gasteiger charge is 2.29. The summed E-state index contributed by atoms with van der Waals surface area (Å²) in [6.07, 6.45) is 1.55. The molecule has 1 saturated carbocycles. The Kier molecular flexibility index (Phi) is 5.48. The quantitative estimate of drug-likeness (QED) is 0.270. The van der Waals surface area contributed by atoms with E-state index in [2.05, 4.69) is 15.7 Å². The molecule has 1 atom stereocenters. The highest BCUT2D eigenvalue weighted by Crippen LogP contribution is 2.41. The van der Waals surface area contributed by atoms with Crippen molar-refractivity contribution in [1.82, 2.24) is 15.7 Å². The molecule has 5 N–H and O–H groups in total. The predicted molar refractivity (Wildman–Crippen MR) is 122 cm³/mol. The molecule has 2 amide bonds. The molecule has 32 heavy (non-hydrogen) atoms. The lowest BCUT2D eigenvalue weighted by molar-refractivity contribution is 0.0952. The minimum atomic E-state index is -1.16. The van der Waals surface area contributed by atoms with Gasteiger partial charge in [0.15, 0.2) is 6.23 Å². The number of nitrogens with two attached hydrogens (primary N) is 1. The highest BCUT2D eigenvalue weighted by molar-refractivity contribution is 7.17. The number of hydrogen-bond donors (Lipinski definition) is 4. The van der Waals surface area contributed by atoms with Gasteiger partial charge in [-0.05, 0) is 49.1 Å². The van der Waals surface area contributed by atoms with Gasteiger partial charge in [-0.1, -0.05) is 24.3 Å². The average Bonchev–Trinajstić information content (AvgIpc) is 3.57.